The van der Waals surface area contributed by atoms with Gasteiger partial charge in [0.1, 0.15) is 17.4 Å². The molecule has 11 heteroatoms. The molecule has 0 radical (unpaired) electrons. The number of carbonyl (C=O) groups is 2. The predicted molar refractivity (Wildman–Crippen MR) is 116 cm³/mol. The van der Waals surface area contributed by atoms with Crippen molar-refractivity contribution >= 4 is 44.5 Å². The topological polar surface area (TPSA) is 154 Å². The molecule has 1 aromatic heterocycles. The third kappa shape index (κ3) is 4.66. The maximum absolute atomic E-state index is 12.6. The Kier molecular flexibility index (Phi) is 5.98. The number of hydrazone groups is 1. The third-order valence-electron chi connectivity index (χ3n) is 4.83. The van der Waals surface area contributed by atoms with E-state index in [1.54, 1.807) is 20.8 Å². The van der Waals surface area contributed by atoms with Gasteiger partial charge in [0, 0.05) is 11.8 Å². The van der Waals surface area contributed by atoms with E-state index < -0.39 is 27.6 Å². The standard InChI is InChI=1S/C20H22N6O4S/c1-10-9-16(23-13(4)22-10)26-31(29,30)15-7-5-14(6-8-15)24-25-18-17(21)11(2)19(27)12(3)20(18)28/h5-9,11-12,21,24H,1-4H3,(H,22,23,26). The molecule has 0 saturated heterocycles. The molecular formula is C20H22N6O4S. The molecule has 10 nitrogen and oxygen atoms in total. The summed E-state index contributed by atoms with van der Waals surface area (Å²) < 4.78 is 27.6. The van der Waals surface area contributed by atoms with Crippen molar-refractivity contribution < 1.29 is 18.0 Å². The number of Topliss-reactive ketones (excluding diaryl/α,β-unsaturated/α-hetero) is 2. The van der Waals surface area contributed by atoms with E-state index in [2.05, 4.69) is 25.2 Å². The lowest BCUT2D eigenvalue weighted by molar-refractivity contribution is -0.130. The molecule has 31 heavy (non-hydrogen) atoms. The van der Waals surface area contributed by atoms with Gasteiger partial charge in [-0.2, -0.15) is 5.10 Å². The predicted octanol–water partition coefficient (Wildman–Crippen LogP) is 2.11. The summed E-state index contributed by atoms with van der Waals surface area (Å²) in [5.74, 6) is -1.75. The molecule has 1 heterocycles. The van der Waals surface area contributed by atoms with Gasteiger partial charge >= 0.3 is 0 Å². The van der Waals surface area contributed by atoms with Crippen molar-refractivity contribution in [1.82, 2.24) is 9.97 Å². The number of nitrogens with zero attached hydrogens (tertiary/aromatic N) is 3. The highest BCUT2D eigenvalue weighted by molar-refractivity contribution is 7.92. The van der Waals surface area contributed by atoms with Gasteiger partial charge in [0.05, 0.1) is 28.1 Å². The Balaban J connectivity index is 1.77. The van der Waals surface area contributed by atoms with Gasteiger partial charge in [0.2, 0.25) is 0 Å². The summed E-state index contributed by atoms with van der Waals surface area (Å²) in [7, 11) is -3.87. The zero-order valence-electron chi connectivity index (χ0n) is 17.4. The average Bonchev–Trinajstić information content (AvgIpc) is 2.70. The maximum atomic E-state index is 12.6. The summed E-state index contributed by atoms with van der Waals surface area (Å²) >= 11 is 0. The van der Waals surface area contributed by atoms with Gasteiger partial charge < -0.3 is 5.41 Å². The Morgan fingerprint density at radius 3 is 2.29 bits per heavy atom. The molecule has 0 aliphatic heterocycles. The van der Waals surface area contributed by atoms with E-state index in [4.69, 9.17) is 5.41 Å². The van der Waals surface area contributed by atoms with Crippen LogP contribution in [0.1, 0.15) is 25.4 Å². The zero-order valence-corrected chi connectivity index (χ0v) is 18.2. The van der Waals surface area contributed by atoms with Gasteiger partial charge in [-0.3, -0.25) is 19.7 Å². The van der Waals surface area contributed by atoms with Gasteiger partial charge in [0.15, 0.2) is 11.6 Å². The lowest BCUT2D eigenvalue weighted by atomic mass is 9.78. The van der Waals surface area contributed by atoms with Gasteiger partial charge in [-0.25, -0.2) is 18.4 Å². The summed E-state index contributed by atoms with van der Waals surface area (Å²) in [6, 6.07) is 7.22. The molecule has 3 rings (SSSR count). The number of aryl methyl sites for hydroxylation is 2. The van der Waals surface area contributed by atoms with E-state index in [9.17, 15) is 18.0 Å². The van der Waals surface area contributed by atoms with Crippen molar-refractivity contribution in [2.75, 3.05) is 10.1 Å². The smallest absolute Gasteiger partial charge is 0.263 e. The molecule has 162 valence electrons. The first kappa shape index (κ1) is 22.2. The largest absolute Gasteiger partial charge is 0.302 e. The molecule has 0 spiro atoms. The van der Waals surface area contributed by atoms with Crippen molar-refractivity contribution in [3.63, 3.8) is 0 Å². The number of sulfonamides is 1. The van der Waals surface area contributed by atoms with E-state index in [0.717, 1.165) is 0 Å². The average molecular weight is 443 g/mol. The van der Waals surface area contributed by atoms with Crippen LogP contribution in [0.3, 0.4) is 0 Å². The van der Waals surface area contributed by atoms with Crippen LogP contribution >= 0.6 is 0 Å². The molecule has 0 amide bonds. The summed E-state index contributed by atoms with van der Waals surface area (Å²) in [5.41, 5.74) is 3.46. The monoisotopic (exact) mass is 442 g/mol. The molecule has 2 atom stereocenters. The van der Waals surface area contributed by atoms with Crippen LogP contribution < -0.4 is 10.1 Å². The first-order valence-corrected chi connectivity index (χ1v) is 10.9. The van der Waals surface area contributed by atoms with Gasteiger partial charge in [0.25, 0.3) is 10.0 Å². The molecule has 1 aromatic carbocycles. The van der Waals surface area contributed by atoms with Crippen molar-refractivity contribution in [2.45, 2.75) is 32.6 Å². The molecule has 0 bridgehead atoms. The third-order valence-corrected chi connectivity index (χ3v) is 6.21. The molecule has 2 aromatic rings. The van der Waals surface area contributed by atoms with Crippen LogP contribution in [0.15, 0.2) is 40.3 Å². The number of anilines is 2. The van der Waals surface area contributed by atoms with Crippen molar-refractivity contribution in [3.05, 3.63) is 41.9 Å². The van der Waals surface area contributed by atoms with Crippen molar-refractivity contribution in [2.24, 2.45) is 16.9 Å². The highest BCUT2D eigenvalue weighted by atomic mass is 32.2. The van der Waals surface area contributed by atoms with E-state index in [1.165, 1.54) is 37.3 Å². The van der Waals surface area contributed by atoms with Gasteiger partial charge in [-0.15, -0.1) is 0 Å². The van der Waals surface area contributed by atoms with Crippen LogP contribution in [0.25, 0.3) is 0 Å². The van der Waals surface area contributed by atoms with Crippen LogP contribution in [0.2, 0.25) is 0 Å². The molecule has 1 aliphatic carbocycles. The number of hydrogen-bond acceptors (Lipinski definition) is 9. The fraction of sp³-hybridized carbons (Fsp3) is 0.300. The fourth-order valence-corrected chi connectivity index (χ4v) is 4.09. The lowest BCUT2D eigenvalue weighted by Crippen LogP contribution is -2.46. The second-order valence-corrected chi connectivity index (χ2v) is 8.95. The van der Waals surface area contributed by atoms with E-state index in [-0.39, 0.29) is 27.9 Å². The molecule has 1 aliphatic rings. The first-order chi connectivity index (χ1) is 14.5. The van der Waals surface area contributed by atoms with Crippen LogP contribution in [0, 0.1) is 31.1 Å². The molecule has 1 fully saturated rings. The minimum Gasteiger partial charge on any atom is -0.302 e. The van der Waals surface area contributed by atoms with Crippen molar-refractivity contribution in [1.29, 1.82) is 5.41 Å². The number of ketones is 2. The van der Waals surface area contributed by atoms with Crippen LogP contribution in [0.5, 0.6) is 0 Å². The number of aromatic nitrogens is 2. The number of hydrogen-bond donors (Lipinski definition) is 3. The SMILES string of the molecule is Cc1cc(NS(=O)(=O)c2ccc(NN=C3C(=N)C(C)C(=O)C(C)C3=O)cc2)nc(C)n1. The second kappa shape index (κ2) is 8.34. The lowest BCUT2D eigenvalue weighted by Gasteiger charge is -2.23. The Hall–Kier alpha value is -3.47. The molecule has 3 N–H and O–H groups in total. The minimum absolute atomic E-state index is 0.00829. The highest BCUT2D eigenvalue weighted by Gasteiger charge is 2.40. The number of benzene rings is 1. The van der Waals surface area contributed by atoms with Crippen LogP contribution in [0.4, 0.5) is 11.5 Å². The Morgan fingerprint density at radius 2 is 1.68 bits per heavy atom. The summed E-state index contributed by atoms with van der Waals surface area (Å²) in [6.45, 7) is 6.47. The zero-order chi connectivity index (χ0) is 22.9. The maximum Gasteiger partial charge on any atom is 0.263 e. The normalized spacial score (nSPS) is 20.8. The highest BCUT2D eigenvalue weighted by Crippen LogP contribution is 2.20. The summed E-state index contributed by atoms with van der Waals surface area (Å²) in [5, 5.41) is 12.0. The minimum atomic E-state index is -3.87. The van der Waals surface area contributed by atoms with E-state index in [0.29, 0.717) is 17.2 Å². The van der Waals surface area contributed by atoms with Crippen LogP contribution in [-0.4, -0.2) is 41.4 Å². The quantitative estimate of drug-likeness (QED) is 0.473. The first-order valence-electron chi connectivity index (χ1n) is 9.45. The fourth-order valence-electron chi connectivity index (χ4n) is 3.10. The Morgan fingerprint density at radius 1 is 1.03 bits per heavy atom. The summed E-state index contributed by atoms with van der Waals surface area (Å²) in [4.78, 5) is 32.4. The number of carbonyl (C=O) groups excluding carboxylic acids is 2. The number of nitrogens with one attached hydrogen (secondary N) is 3. The second-order valence-electron chi connectivity index (χ2n) is 7.27. The molecule has 1 saturated carbocycles. The molecule has 2 unspecified atom stereocenters. The van der Waals surface area contributed by atoms with E-state index >= 15 is 0 Å². The van der Waals surface area contributed by atoms with E-state index in [1.807, 2.05) is 0 Å². The Labute approximate surface area is 179 Å². The van der Waals surface area contributed by atoms with Crippen LogP contribution in [-0.2, 0) is 19.6 Å². The Bertz CT molecular complexity index is 1160. The summed E-state index contributed by atoms with van der Waals surface area (Å²) in [6.07, 6.45) is 0. The van der Waals surface area contributed by atoms with Gasteiger partial charge in [-0.1, -0.05) is 0 Å². The van der Waals surface area contributed by atoms with Crippen molar-refractivity contribution in [3.8, 4) is 0 Å². The molecular weight excluding hydrogens is 420 g/mol. The number of rotatable bonds is 5. The van der Waals surface area contributed by atoms with Gasteiger partial charge in [-0.05, 0) is 52.0 Å².